The van der Waals surface area contributed by atoms with Crippen molar-refractivity contribution in [3.8, 4) is 0 Å². The number of phosphoric ester groups is 1. The highest BCUT2D eigenvalue weighted by Gasteiger charge is 2.47. The SMILES string of the molecule is Cn1c[n+]([C@@H]2OC(COP(=O)(O)O)[C@@H](O)[C@H]2O)c2[nH]ccc(=O)c21. The zero-order chi connectivity index (χ0) is 17.6. The second-order valence-corrected chi connectivity index (χ2v) is 6.74. The van der Waals surface area contributed by atoms with Crippen LogP contribution in [0.1, 0.15) is 6.23 Å². The summed E-state index contributed by atoms with van der Waals surface area (Å²) >= 11 is 0. The van der Waals surface area contributed by atoms with Gasteiger partial charge in [0.05, 0.1) is 19.9 Å². The molecule has 0 aromatic carbocycles. The number of imidazole rings is 1. The number of aromatic amines is 1. The Bertz CT molecular complexity index is 858. The van der Waals surface area contributed by atoms with Crippen LogP contribution in [0.3, 0.4) is 0 Å². The van der Waals surface area contributed by atoms with Crippen LogP contribution in [-0.4, -0.2) is 54.5 Å². The minimum Gasteiger partial charge on any atom is -0.387 e. The number of hydrogen-bond donors (Lipinski definition) is 5. The van der Waals surface area contributed by atoms with E-state index >= 15 is 0 Å². The molecule has 0 saturated carbocycles. The molecule has 0 spiro atoms. The fraction of sp³-hybridized carbons (Fsp3) is 0.500. The summed E-state index contributed by atoms with van der Waals surface area (Å²) in [6, 6.07) is 1.35. The van der Waals surface area contributed by atoms with Crippen molar-refractivity contribution >= 4 is 19.0 Å². The van der Waals surface area contributed by atoms with Gasteiger partial charge in [0.2, 0.25) is 17.2 Å². The molecule has 0 radical (unpaired) electrons. The Morgan fingerprint density at radius 3 is 2.79 bits per heavy atom. The molecule has 1 fully saturated rings. The maximum Gasteiger partial charge on any atom is 0.469 e. The molecule has 4 atom stereocenters. The molecule has 0 bridgehead atoms. The number of nitrogens with zero attached hydrogens (tertiary/aromatic N) is 2. The zero-order valence-corrected chi connectivity index (χ0v) is 13.4. The summed E-state index contributed by atoms with van der Waals surface area (Å²) in [5, 5.41) is 20.2. The molecule has 2 aromatic rings. The van der Waals surface area contributed by atoms with Crippen molar-refractivity contribution in [1.82, 2.24) is 9.55 Å². The van der Waals surface area contributed by atoms with Crippen LogP contribution in [-0.2, 0) is 20.9 Å². The number of aryl methyl sites for hydroxylation is 1. The van der Waals surface area contributed by atoms with E-state index in [9.17, 15) is 19.6 Å². The van der Waals surface area contributed by atoms with Gasteiger partial charge in [0.1, 0.15) is 18.3 Å². The van der Waals surface area contributed by atoms with E-state index in [4.69, 9.17) is 14.5 Å². The largest absolute Gasteiger partial charge is 0.469 e. The lowest BCUT2D eigenvalue weighted by molar-refractivity contribution is -0.745. The first-order valence-corrected chi connectivity index (χ1v) is 8.51. The summed E-state index contributed by atoms with van der Waals surface area (Å²) in [5.74, 6) is 0. The van der Waals surface area contributed by atoms with E-state index in [1.807, 2.05) is 0 Å². The van der Waals surface area contributed by atoms with Crippen molar-refractivity contribution < 1.29 is 38.4 Å². The molecule has 0 amide bonds. The molecular weight excluding hydrogens is 345 g/mol. The van der Waals surface area contributed by atoms with Gasteiger partial charge < -0.3 is 24.7 Å². The van der Waals surface area contributed by atoms with E-state index in [1.165, 1.54) is 27.7 Å². The van der Waals surface area contributed by atoms with E-state index in [1.54, 1.807) is 7.05 Å². The minimum absolute atomic E-state index is 0.237. The third-order valence-electron chi connectivity index (χ3n) is 3.84. The maximum atomic E-state index is 11.9. The second kappa shape index (κ2) is 6.05. The first kappa shape index (κ1) is 17.2. The van der Waals surface area contributed by atoms with Crippen molar-refractivity contribution in [3.05, 3.63) is 28.8 Å². The summed E-state index contributed by atoms with van der Waals surface area (Å²) in [6.45, 7) is -0.596. The lowest BCUT2D eigenvalue weighted by atomic mass is 10.1. The fourth-order valence-electron chi connectivity index (χ4n) is 2.76. The molecule has 3 heterocycles. The highest BCUT2D eigenvalue weighted by Crippen LogP contribution is 2.37. The van der Waals surface area contributed by atoms with Gasteiger partial charge in [0.25, 0.3) is 5.65 Å². The van der Waals surface area contributed by atoms with E-state index < -0.39 is 39.0 Å². The first-order chi connectivity index (χ1) is 11.2. The van der Waals surface area contributed by atoms with Gasteiger partial charge in [-0.05, 0) is 0 Å². The standard InChI is InChI=1S/C12H16N3O8P/c1-14-5-15(11-8(14)6(16)2-3-13-11)12-10(18)9(17)7(23-12)4-22-24(19,20)21/h2-3,5,7,9-10,12,17-18H,4H2,1H3,(H2-,13,16,19,20,21)/p+1/t7?,9-,10-,12-/m1/s1. The Kier molecular flexibility index (Phi) is 4.34. The topological polar surface area (TPSA) is 158 Å². The number of hydrogen-bond acceptors (Lipinski definition) is 6. The Morgan fingerprint density at radius 2 is 2.12 bits per heavy atom. The van der Waals surface area contributed by atoms with Crippen LogP contribution in [0.25, 0.3) is 11.2 Å². The number of fused-ring (bicyclic) bond motifs is 1. The molecule has 132 valence electrons. The smallest absolute Gasteiger partial charge is 0.387 e. The predicted octanol–water partition coefficient (Wildman–Crippen LogP) is -2.12. The van der Waals surface area contributed by atoms with Crippen LogP contribution >= 0.6 is 7.82 Å². The van der Waals surface area contributed by atoms with Gasteiger partial charge in [-0.3, -0.25) is 18.9 Å². The molecule has 1 aliphatic rings. The number of pyridine rings is 1. The number of aliphatic hydroxyl groups is 2. The summed E-state index contributed by atoms with van der Waals surface area (Å²) < 4.78 is 23.6. The average molecular weight is 362 g/mol. The van der Waals surface area contributed by atoms with Crippen LogP contribution in [0.4, 0.5) is 0 Å². The van der Waals surface area contributed by atoms with E-state index in [0.717, 1.165) is 0 Å². The molecule has 1 unspecified atom stereocenters. The van der Waals surface area contributed by atoms with Crippen molar-refractivity contribution in [2.45, 2.75) is 24.5 Å². The van der Waals surface area contributed by atoms with Gasteiger partial charge in [0.15, 0.2) is 6.33 Å². The van der Waals surface area contributed by atoms with Gasteiger partial charge in [0, 0.05) is 6.07 Å². The number of nitrogens with one attached hydrogen (secondary N) is 1. The molecule has 3 rings (SSSR count). The Morgan fingerprint density at radius 1 is 1.42 bits per heavy atom. The molecule has 5 N–H and O–H groups in total. The van der Waals surface area contributed by atoms with Crippen LogP contribution < -0.4 is 10.00 Å². The van der Waals surface area contributed by atoms with Gasteiger partial charge in [-0.2, -0.15) is 0 Å². The molecular formula is C12H17N3O8P+. The molecule has 12 heteroatoms. The Hall–Kier alpha value is -1.59. The molecule has 24 heavy (non-hydrogen) atoms. The molecule has 1 aliphatic heterocycles. The normalized spacial score (nSPS) is 27.9. The van der Waals surface area contributed by atoms with Crippen molar-refractivity contribution in [2.24, 2.45) is 7.05 Å². The van der Waals surface area contributed by atoms with Gasteiger partial charge >= 0.3 is 7.82 Å². The number of H-pyrrole nitrogens is 1. The number of aromatic nitrogens is 3. The first-order valence-electron chi connectivity index (χ1n) is 6.98. The lowest BCUT2D eigenvalue weighted by Crippen LogP contribution is -2.46. The quantitative estimate of drug-likeness (QED) is 0.305. The van der Waals surface area contributed by atoms with E-state index in [-0.39, 0.29) is 5.43 Å². The highest BCUT2D eigenvalue weighted by molar-refractivity contribution is 7.46. The molecule has 0 aliphatic carbocycles. The Balaban J connectivity index is 1.92. The number of aliphatic hydroxyl groups excluding tert-OH is 2. The van der Waals surface area contributed by atoms with Crippen LogP contribution in [0.15, 0.2) is 23.4 Å². The maximum absolute atomic E-state index is 11.9. The zero-order valence-electron chi connectivity index (χ0n) is 12.5. The highest BCUT2D eigenvalue weighted by atomic mass is 31.2. The predicted molar refractivity (Wildman–Crippen MR) is 77.7 cm³/mol. The van der Waals surface area contributed by atoms with E-state index in [2.05, 4.69) is 9.51 Å². The third kappa shape index (κ3) is 3.03. The summed E-state index contributed by atoms with van der Waals surface area (Å²) in [5.41, 5.74) is 0.481. The monoisotopic (exact) mass is 362 g/mol. The van der Waals surface area contributed by atoms with Crippen molar-refractivity contribution in [1.29, 1.82) is 0 Å². The van der Waals surface area contributed by atoms with E-state index in [0.29, 0.717) is 11.2 Å². The molecule has 2 aromatic heterocycles. The van der Waals surface area contributed by atoms with Gasteiger partial charge in [-0.15, -0.1) is 0 Å². The Labute approximate surface area is 134 Å². The van der Waals surface area contributed by atoms with Crippen LogP contribution in [0, 0.1) is 0 Å². The minimum atomic E-state index is -4.73. The van der Waals surface area contributed by atoms with Gasteiger partial charge in [-0.1, -0.05) is 0 Å². The van der Waals surface area contributed by atoms with Crippen molar-refractivity contribution in [2.75, 3.05) is 6.61 Å². The van der Waals surface area contributed by atoms with Crippen LogP contribution in [0.5, 0.6) is 0 Å². The number of ether oxygens (including phenoxy) is 1. The lowest BCUT2D eigenvalue weighted by Gasteiger charge is -2.14. The number of rotatable bonds is 4. The summed E-state index contributed by atoms with van der Waals surface area (Å²) in [7, 11) is -3.09. The fourth-order valence-corrected chi connectivity index (χ4v) is 3.10. The van der Waals surface area contributed by atoms with Crippen LogP contribution in [0.2, 0.25) is 0 Å². The average Bonchev–Trinajstić information content (AvgIpc) is 2.96. The molecule has 11 nitrogen and oxygen atoms in total. The third-order valence-corrected chi connectivity index (χ3v) is 4.32. The molecule has 1 saturated heterocycles. The second-order valence-electron chi connectivity index (χ2n) is 5.51. The summed E-state index contributed by atoms with van der Waals surface area (Å²) in [4.78, 5) is 32.3. The number of phosphoric acid groups is 1. The van der Waals surface area contributed by atoms with Crippen molar-refractivity contribution in [3.63, 3.8) is 0 Å². The summed E-state index contributed by atoms with van der Waals surface area (Å²) in [6.07, 6.45) is -2.06. The van der Waals surface area contributed by atoms with Gasteiger partial charge in [-0.25, -0.2) is 9.13 Å².